The van der Waals surface area contributed by atoms with Crippen LogP contribution in [0.15, 0.2) is 164 Å². The van der Waals surface area contributed by atoms with E-state index >= 15 is 0 Å². The van der Waals surface area contributed by atoms with E-state index in [0.29, 0.717) is 30.9 Å². The standard InChI is InChI=1S/C65H65N5O15S4/c1-62(2,3)83-50(72)34-80-69-52(45-37-88-59(66-45)68-65(40-20-14-11-15-21-40,41-22-16-12-17-23-41)42-24-18-13-19-25-42)55(73)67-53-56(74)70-54(58(75)79-33-38-26-28-43(78-10)29-27-38)39(36-87-57(53)70)35-86-51-31-46(71)44-30-47(81-60(76)84-63(4,5)6)48(32-49(44)89-51)82-61(77)85-64(7,8)9/h11-32,37,53,57H,33-36H2,1-10H3,(H,66,68)(H,67,73)/b69-52-/t53?,57-/m0/s1. The highest BCUT2D eigenvalue weighted by Gasteiger charge is 2.55. The largest absolute Gasteiger partial charge is 0.514 e. The first-order valence-corrected chi connectivity index (χ1v) is 31.7. The number of nitrogens with zero attached hydrogens (tertiary/aromatic N) is 3. The van der Waals surface area contributed by atoms with E-state index in [1.54, 1.807) is 92.0 Å². The van der Waals surface area contributed by atoms with Gasteiger partial charge in [0.2, 0.25) is 6.61 Å². The summed E-state index contributed by atoms with van der Waals surface area (Å²) in [5, 5.41) is 12.0. The number of esters is 2. The van der Waals surface area contributed by atoms with Gasteiger partial charge in [-0.15, -0.1) is 46.2 Å². The number of thioether (sulfide) groups is 2. The second-order valence-corrected chi connectivity index (χ2v) is 27.5. The molecular weight excluding hydrogens is 1220 g/mol. The number of hydrogen-bond acceptors (Lipinski definition) is 22. The number of anilines is 1. The number of carbonyl (C=O) groups excluding carboxylic acids is 6. The van der Waals surface area contributed by atoms with Crippen LogP contribution < -0.4 is 30.3 Å². The normalized spacial score (nSPS) is 15.2. The van der Waals surface area contributed by atoms with Gasteiger partial charge in [-0.2, -0.15) is 0 Å². The average molecular weight is 1280 g/mol. The van der Waals surface area contributed by atoms with Crippen molar-refractivity contribution in [3.05, 3.63) is 188 Å². The lowest BCUT2D eigenvalue weighted by molar-refractivity contribution is -0.160. The van der Waals surface area contributed by atoms with Gasteiger partial charge in [-0.1, -0.05) is 108 Å². The van der Waals surface area contributed by atoms with Crippen molar-refractivity contribution in [2.24, 2.45) is 5.16 Å². The Morgan fingerprint density at radius 3 is 1.83 bits per heavy atom. The van der Waals surface area contributed by atoms with Crippen molar-refractivity contribution >= 4 is 103 Å². The number of methoxy groups -OCH3 is 1. The summed E-state index contributed by atoms with van der Waals surface area (Å²) in [6.45, 7) is 14.2. The molecule has 0 radical (unpaired) electrons. The van der Waals surface area contributed by atoms with Crippen LogP contribution in [0.2, 0.25) is 0 Å². The molecule has 2 aliphatic rings. The molecule has 464 valence electrons. The molecule has 0 bridgehead atoms. The van der Waals surface area contributed by atoms with Crippen LogP contribution in [0.3, 0.4) is 0 Å². The Morgan fingerprint density at radius 2 is 1.28 bits per heavy atom. The van der Waals surface area contributed by atoms with Crippen LogP contribution in [0.5, 0.6) is 17.2 Å². The van der Waals surface area contributed by atoms with E-state index in [4.69, 9.17) is 43.0 Å². The van der Waals surface area contributed by atoms with Crippen molar-refractivity contribution in [3.8, 4) is 17.2 Å². The summed E-state index contributed by atoms with van der Waals surface area (Å²) in [6, 6.07) is 39.3. The Kier molecular flexibility index (Phi) is 19.9. The molecule has 1 unspecified atom stereocenters. The second-order valence-electron chi connectivity index (χ2n) is 23.2. The monoisotopic (exact) mass is 1280 g/mol. The summed E-state index contributed by atoms with van der Waals surface area (Å²) in [5.41, 5.74) is -0.690. The van der Waals surface area contributed by atoms with Gasteiger partial charge in [-0.05, 0) is 108 Å². The highest BCUT2D eigenvalue weighted by atomic mass is 32.2. The van der Waals surface area contributed by atoms with E-state index in [-0.39, 0.29) is 52.1 Å². The fourth-order valence-corrected chi connectivity index (χ4v) is 13.8. The number of hydrogen-bond donors (Lipinski definition) is 2. The summed E-state index contributed by atoms with van der Waals surface area (Å²) in [6.07, 6.45) is -2.19. The topological polar surface area (TPSA) is 246 Å². The number of ether oxygens (including phenoxy) is 7. The zero-order chi connectivity index (χ0) is 63.8. The lowest BCUT2D eigenvalue weighted by atomic mass is 9.77. The van der Waals surface area contributed by atoms with E-state index in [0.717, 1.165) is 28.0 Å². The fourth-order valence-electron chi connectivity index (χ4n) is 9.29. The van der Waals surface area contributed by atoms with Gasteiger partial charge in [0.05, 0.1) is 11.3 Å². The molecule has 4 heterocycles. The molecule has 9 rings (SSSR count). The van der Waals surface area contributed by atoms with Gasteiger partial charge in [0.1, 0.15) is 57.5 Å². The number of carbonyl (C=O) groups is 6. The molecule has 0 aliphatic carbocycles. The fraction of sp³-hybridized carbons (Fsp3) is 0.308. The second kappa shape index (κ2) is 27.4. The molecule has 2 aliphatic heterocycles. The molecule has 0 saturated carbocycles. The Balaban J connectivity index is 1.01. The molecule has 2 amide bonds. The van der Waals surface area contributed by atoms with Gasteiger partial charge in [-0.3, -0.25) is 19.3 Å². The van der Waals surface area contributed by atoms with Crippen LogP contribution in [0, 0.1) is 0 Å². The zero-order valence-corrected chi connectivity index (χ0v) is 53.6. The number of rotatable bonds is 20. The third-order valence-corrected chi connectivity index (χ3v) is 17.5. The summed E-state index contributed by atoms with van der Waals surface area (Å²) in [4.78, 5) is 108. The van der Waals surface area contributed by atoms with Gasteiger partial charge in [-0.25, -0.2) is 24.2 Å². The SMILES string of the molecule is COc1ccc(COC(=O)C2=C(CSc3cc(=O)c4cc(OC(=O)OC(C)(C)C)c(OC(=O)OC(C)(C)C)cc4s3)CS[C@H]3C(NC(=O)/C(=N\OCC(=O)OC(C)(C)C)c4csc(NC(c5ccccc5)(c5ccccc5)c5ccccc5)n4)C(=O)N23)cc1. The highest BCUT2D eigenvalue weighted by molar-refractivity contribution is 8.02. The minimum absolute atomic E-state index is 0.0427. The number of amides is 2. The van der Waals surface area contributed by atoms with E-state index < -0.39 is 81.9 Å². The van der Waals surface area contributed by atoms with Crippen LogP contribution in [0.1, 0.15) is 90.3 Å². The molecule has 24 heteroatoms. The van der Waals surface area contributed by atoms with Gasteiger partial charge in [0, 0.05) is 39.1 Å². The smallest absolute Gasteiger partial charge is 0.497 e. The van der Waals surface area contributed by atoms with Crippen molar-refractivity contribution in [2.45, 2.75) is 107 Å². The van der Waals surface area contributed by atoms with Crippen LogP contribution in [-0.2, 0) is 55.1 Å². The average Bonchev–Trinajstić information content (AvgIpc) is 0.849. The van der Waals surface area contributed by atoms with Gasteiger partial charge in [0.25, 0.3) is 11.8 Å². The molecule has 1 fully saturated rings. The van der Waals surface area contributed by atoms with Gasteiger partial charge < -0.3 is 48.6 Å². The molecule has 20 nitrogen and oxygen atoms in total. The van der Waals surface area contributed by atoms with Crippen LogP contribution in [-0.4, -0.2) is 105 Å². The van der Waals surface area contributed by atoms with Crippen LogP contribution in [0.25, 0.3) is 10.1 Å². The molecule has 2 atom stereocenters. The van der Waals surface area contributed by atoms with Crippen molar-refractivity contribution < 1.29 is 66.8 Å². The van der Waals surface area contributed by atoms with Crippen molar-refractivity contribution in [1.82, 2.24) is 15.2 Å². The number of aromatic nitrogens is 1. The minimum Gasteiger partial charge on any atom is -0.497 e. The number of benzene rings is 5. The molecule has 0 spiro atoms. The van der Waals surface area contributed by atoms with E-state index in [2.05, 4.69) is 15.8 Å². The first-order chi connectivity index (χ1) is 42.3. The Hall–Kier alpha value is -8.71. The van der Waals surface area contributed by atoms with Gasteiger partial charge in [0.15, 0.2) is 27.8 Å². The van der Waals surface area contributed by atoms with Crippen molar-refractivity contribution in [3.63, 3.8) is 0 Å². The van der Waals surface area contributed by atoms with Crippen molar-refractivity contribution in [2.75, 3.05) is 30.5 Å². The Labute approximate surface area is 530 Å². The first kappa shape index (κ1) is 64.8. The molecule has 2 aromatic heterocycles. The zero-order valence-electron chi connectivity index (χ0n) is 50.4. The number of thiazole rings is 1. The molecule has 2 N–H and O–H groups in total. The maximum Gasteiger partial charge on any atom is 0.514 e. The van der Waals surface area contributed by atoms with Gasteiger partial charge >= 0.3 is 24.2 Å². The number of nitrogens with one attached hydrogen (secondary N) is 2. The lowest BCUT2D eigenvalue weighted by Crippen LogP contribution is -2.71. The first-order valence-electron chi connectivity index (χ1n) is 27.9. The molecule has 1 saturated heterocycles. The lowest BCUT2D eigenvalue weighted by Gasteiger charge is -2.49. The summed E-state index contributed by atoms with van der Waals surface area (Å²) < 4.78 is 39.2. The Bertz CT molecular complexity index is 3800. The number of oxime groups is 1. The van der Waals surface area contributed by atoms with E-state index in [1.165, 1.54) is 65.1 Å². The Morgan fingerprint density at radius 1 is 0.719 bits per heavy atom. The van der Waals surface area contributed by atoms with Crippen LogP contribution >= 0.6 is 46.2 Å². The number of fused-ring (bicyclic) bond motifs is 2. The number of β-lactam (4-membered cyclic amide) rings is 1. The molecule has 89 heavy (non-hydrogen) atoms. The maximum atomic E-state index is 14.8. The molecule has 5 aromatic carbocycles. The summed E-state index contributed by atoms with van der Waals surface area (Å²) in [7, 11) is 1.53. The summed E-state index contributed by atoms with van der Waals surface area (Å²) >= 11 is 4.84. The third kappa shape index (κ3) is 16.1. The predicted molar refractivity (Wildman–Crippen MR) is 341 cm³/mol. The quantitative estimate of drug-likeness (QED) is 0.0105. The van der Waals surface area contributed by atoms with E-state index in [9.17, 15) is 33.6 Å². The van der Waals surface area contributed by atoms with Crippen LogP contribution in [0.4, 0.5) is 14.7 Å². The third-order valence-electron chi connectivity index (χ3n) is 13.0. The maximum absolute atomic E-state index is 14.8. The highest BCUT2D eigenvalue weighted by Crippen LogP contribution is 2.45. The summed E-state index contributed by atoms with van der Waals surface area (Å²) in [5.74, 6) is -2.69. The molecular formula is C65H65N5O15S4. The molecule has 7 aromatic rings. The van der Waals surface area contributed by atoms with Crippen molar-refractivity contribution in [1.29, 1.82) is 0 Å². The van der Waals surface area contributed by atoms with E-state index in [1.807, 2.05) is 91.0 Å². The minimum atomic E-state index is -1.20. The predicted octanol–water partition coefficient (Wildman–Crippen LogP) is 12.0.